The second-order valence-corrected chi connectivity index (χ2v) is 4.58. The molecule has 0 bridgehead atoms. The summed E-state index contributed by atoms with van der Waals surface area (Å²) < 4.78 is 1.67. The molecular weight excluding hydrogens is 258 g/mol. The van der Waals surface area contributed by atoms with E-state index in [1.54, 1.807) is 24.0 Å². The fourth-order valence-electron chi connectivity index (χ4n) is 1.98. The molecule has 0 aliphatic carbocycles. The van der Waals surface area contributed by atoms with Crippen molar-refractivity contribution in [3.8, 4) is 0 Å². The lowest BCUT2D eigenvalue weighted by Gasteiger charge is -2.07. The summed E-state index contributed by atoms with van der Waals surface area (Å²) in [5, 5.41) is 18.3. The second-order valence-electron chi connectivity index (χ2n) is 4.58. The molecule has 1 aromatic heterocycles. The van der Waals surface area contributed by atoms with Crippen molar-refractivity contribution in [1.82, 2.24) is 20.1 Å². The number of hydrogen-bond donors (Lipinski definition) is 1. The summed E-state index contributed by atoms with van der Waals surface area (Å²) >= 11 is 0. The predicted octanol–water partition coefficient (Wildman–Crippen LogP) is 1.36. The Morgan fingerprint density at radius 3 is 2.90 bits per heavy atom. The van der Waals surface area contributed by atoms with Gasteiger partial charge in [0.2, 0.25) is 0 Å². The van der Waals surface area contributed by atoms with Crippen molar-refractivity contribution in [3.63, 3.8) is 0 Å². The van der Waals surface area contributed by atoms with Crippen molar-refractivity contribution < 1.29 is 4.92 Å². The van der Waals surface area contributed by atoms with E-state index in [0.717, 1.165) is 24.4 Å². The lowest BCUT2D eigenvalue weighted by molar-refractivity contribution is -0.385. The van der Waals surface area contributed by atoms with E-state index < -0.39 is 0 Å². The van der Waals surface area contributed by atoms with Gasteiger partial charge < -0.3 is 5.32 Å². The van der Waals surface area contributed by atoms with Crippen LogP contribution in [0.2, 0.25) is 0 Å². The van der Waals surface area contributed by atoms with Gasteiger partial charge in [-0.15, -0.1) is 0 Å². The molecule has 0 saturated carbocycles. The summed E-state index contributed by atoms with van der Waals surface area (Å²) in [6, 6.07) is 5.13. The van der Waals surface area contributed by atoms with E-state index in [0.29, 0.717) is 12.1 Å². The summed E-state index contributed by atoms with van der Waals surface area (Å²) in [7, 11) is 1.83. The number of aromatic nitrogens is 3. The largest absolute Gasteiger partial charge is 0.312 e. The molecule has 0 unspecified atom stereocenters. The van der Waals surface area contributed by atoms with E-state index in [4.69, 9.17) is 0 Å². The molecule has 0 aliphatic heterocycles. The number of nitrogens with zero attached hydrogens (tertiary/aromatic N) is 4. The van der Waals surface area contributed by atoms with E-state index in [9.17, 15) is 10.1 Å². The molecule has 0 fully saturated rings. The van der Waals surface area contributed by atoms with Crippen molar-refractivity contribution in [3.05, 3.63) is 51.6 Å². The monoisotopic (exact) mass is 275 g/mol. The van der Waals surface area contributed by atoms with Gasteiger partial charge in [-0.25, -0.2) is 4.98 Å². The van der Waals surface area contributed by atoms with Gasteiger partial charge in [0, 0.05) is 38.2 Å². The number of hydrogen-bond acceptors (Lipinski definition) is 5. The molecule has 1 aromatic carbocycles. The van der Waals surface area contributed by atoms with E-state index in [-0.39, 0.29) is 10.6 Å². The van der Waals surface area contributed by atoms with Crippen LogP contribution in [0.5, 0.6) is 0 Å². The van der Waals surface area contributed by atoms with Crippen LogP contribution in [-0.4, -0.2) is 26.2 Å². The van der Waals surface area contributed by atoms with Crippen molar-refractivity contribution >= 4 is 5.69 Å². The third kappa shape index (κ3) is 3.39. The summed E-state index contributed by atoms with van der Waals surface area (Å²) in [6.45, 7) is 3.10. The van der Waals surface area contributed by atoms with Gasteiger partial charge in [0.15, 0.2) is 5.82 Å². The van der Waals surface area contributed by atoms with E-state index in [1.807, 2.05) is 13.1 Å². The highest BCUT2D eigenvalue weighted by Gasteiger charge is 2.12. The number of nitro benzene ring substituents is 1. The lowest BCUT2D eigenvalue weighted by Crippen LogP contribution is -2.18. The van der Waals surface area contributed by atoms with Crippen LogP contribution in [0.1, 0.15) is 17.0 Å². The van der Waals surface area contributed by atoms with Gasteiger partial charge in [-0.3, -0.25) is 14.8 Å². The first kappa shape index (κ1) is 14.1. The minimum Gasteiger partial charge on any atom is -0.312 e. The van der Waals surface area contributed by atoms with Crippen molar-refractivity contribution in [2.24, 2.45) is 7.05 Å². The zero-order valence-electron chi connectivity index (χ0n) is 11.5. The van der Waals surface area contributed by atoms with Crippen LogP contribution in [0.3, 0.4) is 0 Å². The van der Waals surface area contributed by atoms with Gasteiger partial charge in [-0.1, -0.05) is 12.1 Å². The Kier molecular flexibility index (Phi) is 4.41. The van der Waals surface area contributed by atoms with Crippen LogP contribution in [0.4, 0.5) is 5.69 Å². The van der Waals surface area contributed by atoms with E-state index in [1.165, 1.54) is 6.07 Å². The van der Waals surface area contributed by atoms with Gasteiger partial charge in [-0.2, -0.15) is 5.10 Å². The Bertz CT molecular complexity index is 609. The molecule has 0 atom stereocenters. The molecule has 0 aliphatic rings. The SMILES string of the molecule is Cc1c(CNCCc2ncn(C)n2)cccc1[N+](=O)[O-]. The molecule has 1 N–H and O–H groups in total. The van der Waals surface area contributed by atoms with Crippen LogP contribution < -0.4 is 5.32 Å². The summed E-state index contributed by atoms with van der Waals surface area (Å²) in [4.78, 5) is 14.6. The second kappa shape index (κ2) is 6.25. The molecule has 0 saturated heterocycles. The summed E-state index contributed by atoms with van der Waals surface area (Å²) in [5.74, 6) is 0.788. The van der Waals surface area contributed by atoms with Crippen LogP contribution in [0, 0.1) is 17.0 Å². The number of benzene rings is 1. The van der Waals surface area contributed by atoms with Gasteiger partial charge in [0.1, 0.15) is 6.33 Å². The van der Waals surface area contributed by atoms with Gasteiger partial charge >= 0.3 is 0 Å². The first-order chi connectivity index (χ1) is 9.58. The Hall–Kier alpha value is -2.28. The summed E-state index contributed by atoms with van der Waals surface area (Å²) in [6.07, 6.45) is 2.40. The van der Waals surface area contributed by atoms with Crippen LogP contribution in [0.15, 0.2) is 24.5 Å². The average molecular weight is 275 g/mol. The zero-order chi connectivity index (χ0) is 14.5. The number of nitrogens with one attached hydrogen (secondary N) is 1. The first-order valence-electron chi connectivity index (χ1n) is 6.36. The smallest absolute Gasteiger partial charge is 0.272 e. The first-order valence-corrected chi connectivity index (χ1v) is 6.36. The van der Waals surface area contributed by atoms with E-state index in [2.05, 4.69) is 15.4 Å². The molecule has 0 spiro atoms. The Morgan fingerprint density at radius 1 is 1.45 bits per heavy atom. The maximum atomic E-state index is 10.9. The zero-order valence-corrected chi connectivity index (χ0v) is 11.5. The summed E-state index contributed by atoms with van der Waals surface area (Å²) in [5.41, 5.74) is 1.81. The molecule has 106 valence electrons. The number of rotatable bonds is 6. The minimum absolute atomic E-state index is 0.163. The fraction of sp³-hybridized carbons (Fsp3) is 0.385. The van der Waals surface area contributed by atoms with Crippen LogP contribution in [0.25, 0.3) is 0 Å². The Morgan fingerprint density at radius 2 is 2.25 bits per heavy atom. The standard InChI is InChI=1S/C13H17N5O2/c1-10-11(4-3-5-12(10)18(19)20)8-14-7-6-13-15-9-17(2)16-13/h3-5,9,14H,6-8H2,1-2H3. The van der Waals surface area contributed by atoms with Crippen LogP contribution in [-0.2, 0) is 20.0 Å². The van der Waals surface area contributed by atoms with Crippen molar-refractivity contribution in [2.75, 3.05) is 6.54 Å². The highest BCUT2D eigenvalue weighted by atomic mass is 16.6. The fourth-order valence-corrected chi connectivity index (χ4v) is 1.98. The highest BCUT2D eigenvalue weighted by Crippen LogP contribution is 2.20. The molecular formula is C13H17N5O2. The Balaban J connectivity index is 1.88. The molecule has 7 nitrogen and oxygen atoms in total. The molecule has 0 amide bonds. The van der Waals surface area contributed by atoms with Crippen LogP contribution >= 0.6 is 0 Å². The molecule has 20 heavy (non-hydrogen) atoms. The lowest BCUT2D eigenvalue weighted by atomic mass is 10.1. The third-order valence-corrected chi connectivity index (χ3v) is 3.10. The van der Waals surface area contributed by atoms with Gasteiger partial charge in [0.05, 0.1) is 4.92 Å². The third-order valence-electron chi connectivity index (χ3n) is 3.10. The maximum absolute atomic E-state index is 10.9. The topological polar surface area (TPSA) is 85.9 Å². The number of aryl methyl sites for hydroxylation is 1. The quantitative estimate of drug-likeness (QED) is 0.489. The average Bonchev–Trinajstić information content (AvgIpc) is 2.82. The van der Waals surface area contributed by atoms with Gasteiger partial charge in [0.25, 0.3) is 5.69 Å². The maximum Gasteiger partial charge on any atom is 0.272 e. The van der Waals surface area contributed by atoms with Gasteiger partial charge in [-0.05, 0) is 12.5 Å². The van der Waals surface area contributed by atoms with E-state index >= 15 is 0 Å². The molecule has 7 heteroatoms. The molecule has 0 radical (unpaired) electrons. The number of nitro groups is 1. The molecule has 1 heterocycles. The molecule has 2 rings (SSSR count). The normalized spacial score (nSPS) is 10.7. The van der Waals surface area contributed by atoms with Crippen molar-refractivity contribution in [1.29, 1.82) is 0 Å². The predicted molar refractivity (Wildman–Crippen MR) is 74.2 cm³/mol. The minimum atomic E-state index is -0.351. The molecule has 2 aromatic rings. The van der Waals surface area contributed by atoms with Crippen molar-refractivity contribution in [2.45, 2.75) is 19.9 Å². The Labute approximate surface area is 116 Å². The highest BCUT2D eigenvalue weighted by molar-refractivity contribution is 5.44.